The highest BCUT2D eigenvalue weighted by Gasteiger charge is 2.23. The summed E-state index contributed by atoms with van der Waals surface area (Å²) in [6.07, 6.45) is 6.28. The molecule has 0 spiro atoms. The lowest BCUT2D eigenvalue weighted by Gasteiger charge is -2.24. The van der Waals surface area contributed by atoms with Crippen LogP contribution in [0.15, 0.2) is 36.8 Å². The van der Waals surface area contributed by atoms with Gasteiger partial charge in [0, 0.05) is 56.5 Å². The van der Waals surface area contributed by atoms with Gasteiger partial charge in [0.15, 0.2) is 0 Å². The SMILES string of the molecule is CC(C)n1nccc1C(=O)N1CCCN(c2ccncc2)CC1. The number of aromatic nitrogens is 3. The summed E-state index contributed by atoms with van der Waals surface area (Å²) in [5.74, 6) is 0.0766. The maximum Gasteiger partial charge on any atom is 0.272 e. The Morgan fingerprint density at radius 1 is 1.04 bits per heavy atom. The van der Waals surface area contributed by atoms with E-state index < -0.39 is 0 Å². The molecule has 23 heavy (non-hydrogen) atoms. The molecule has 1 fully saturated rings. The van der Waals surface area contributed by atoms with Crippen molar-refractivity contribution in [3.8, 4) is 0 Å². The van der Waals surface area contributed by atoms with Gasteiger partial charge >= 0.3 is 0 Å². The van der Waals surface area contributed by atoms with Crippen LogP contribution in [0.4, 0.5) is 5.69 Å². The number of nitrogens with zero attached hydrogens (tertiary/aromatic N) is 5. The van der Waals surface area contributed by atoms with E-state index in [4.69, 9.17) is 0 Å². The molecule has 0 aromatic carbocycles. The molecule has 2 aromatic heterocycles. The number of hydrogen-bond acceptors (Lipinski definition) is 4. The van der Waals surface area contributed by atoms with Gasteiger partial charge in [-0.3, -0.25) is 14.5 Å². The Kier molecular flexibility index (Phi) is 4.60. The summed E-state index contributed by atoms with van der Waals surface area (Å²) in [7, 11) is 0. The highest BCUT2D eigenvalue weighted by Crippen LogP contribution is 2.17. The average Bonchev–Trinajstić information content (AvgIpc) is 2.93. The molecule has 6 heteroatoms. The van der Waals surface area contributed by atoms with Crippen LogP contribution in [0, 0.1) is 0 Å². The van der Waals surface area contributed by atoms with Crippen LogP contribution in [0.1, 0.15) is 36.8 Å². The summed E-state index contributed by atoms with van der Waals surface area (Å²) in [5.41, 5.74) is 1.85. The van der Waals surface area contributed by atoms with E-state index in [1.54, 1.807) is 10.9 Å². The number of rotatable bonds is 3. The van der Waals surface area contributed by atoms with Gasteiger partial charge in [0.05, 0.1) is 0 Å². The molecule has 0 atom stereocenters. The molecular weight excluding hydrogens is 290 g/mol. The van der Waals surface area contributed by atoms with Crippen molar-refractivity contribution in [2.24, 2.45) is 0 Å². The number of amides is 1. The van der Waals surface area contributed by atoms with E-state index in [1.165, 1.54) is 5.69 Å². The normalized spacial score (nSPS) is 15.8. The smallest absolute Gasteiger partial charge is 0.272 e. The zero-order chi connectivity index (χ0) is 16.2. The van der Waals surface area contributed by atoms with Gasteiger partial charge in [-0.15, -0.1) is 0 Å². The van der Waals surface area contributed by atoms with Crippen LogP contribution in [0.2, 0.25) is 0 Å². The van der Waals surface area contributed by atoms with Crippen molar-refractivity contribution < 1.29 is 4.79 Å². The van der Waals surface area contributed by atoms with Crippen LogP contribution >= 0.6 is 0 Å². The van der Waals surface area contributed by atoms with Gasteiger partial charge in [0.2, 0.25) is 0 Å². The van der Waals surface area contributed by atoms with E-state index in [0.717, 1.165) is 32.6 Å². The van der Waals surface area contributed by atoms with Crippen molar-refractivity contribution >= 4 is 11.6 Å². The fourth-order valence-electron chi connectivity index (χ4n) is 2.99. The topological polar surface area (TPSA) is 54.3 Å². The van der Waals surface area contributed by atoms with Crippen molar-refractivity contribution in [2.45, 2.75) is 26.3 Å². The number of pyridine rings is 1. The van der Waals surface area contributed by atoms with E-state index in [2.05, 4.69) is 15.0 Å². The Hall–Kier alpha value is -2.37. The van der Waals surface area contributed by atoms with Gasteiger partial charge in [-0.2, -0.15) is 5.10 Å². The second-order valence-corrected chi connectivity index (χ2v) is 6.09. The molecule has 1 saturated heterocycles. The first-order chi connectivity index (χ1) is 11.2. The Balaban J connectivity index is 1.70. The van der Waals surface area contributed by atoms with Crippen molar-refractivity contribution in [3.63, 3.8) is 0 Å². The van der Waals surface area contributed by atoms with Crippen molar-refractivity contribution in [1.29, 1.82) is 0 Å². The predicted molar refractivity (Wildman–Crippen MR) is 89.6 cm³/mol. The molecule has 0 aliphatic carbocycles. The van der Waals surface area contributed by atoms with Crippen LogP contribution in [0.5, 0.6) is 0 Å². The first-order valence-corrected chi connectivity index (χ1v) is 8.14. The third kappa shape index (κ3) is 3.36. The highest BCUT2D eigenvalue weighted by atomic mass is 16.2. The quantitative estimate of drug-likeness (QED) is 0.872. The van der Waals surface area contributed by atoms with Crippen molar-refractivity contribution in [3.05, 3.63) is 42.5 Å². The summed E-state index contributed by atoms with van der Waals surface area (Å²) in [6.45, 7) is 7.38. The number of carbonyl (C=O) groups is 1. The number of hydrogen-bond donors (Lipinski definition) is 0. The van der Waals surface area contributed by atoms with Gasteiger partial charge in [-0.1, -0.05) is 0 Å². The minimum atomic E-state index is 0.0766. The second kappa shape index (κ2) is 6.81. The lowest BCUT2D eigenvalue weighted by molar-refractivity contribution is 0.0752. The molecule has 1 aliphatic heterocycles. The minimum absolute atomic E-state index is 0.0766. The number of carbonyl (C=O) groups excluding carboxylic acids is 1. The third-order valence-corrected chi connectivity index (χ3v) is 4.19. The zero-order valence-electron chi connectivity index (χ0n) is 13.7. The predicted octanol–water partition coefficient (Wildman–Crippen LogP) is 2.21. The minimum Gasteiger partial charge on any atom is -0.370 e. The molecule has 1 amide bonds. The van der Waals surface area contributed by atoms with Crippen LogP contribution in [0.3, 0.4) is 0 Å². The summed E-state index contributed by atoms with van der Waals surface area (Å²) in [6, 6.07) is 6.04. The summed E-state index contributed by atoms with van der Waals surface area (Å²) >= 11 is 0. The molecule has 0 N–H and O–H groups in total. The van der Waals surface area contributed by atoms with E-state index in [0.29, 0.717) is 5.69 Å². The lowest BCUT2D eigenvalue weighted by Crippen LogP contribution is -2.36. The van der Waals surface area contributed by atoms with Crippen molar-refractivity contribution in [2.75, 3.05) is 31.1 Å². The molecule has 0 unspecified atom stereocenters. The first-order valence-electron chi connectivity index (χ1n) is 8.14. The average molecular weight is 313 g/mol. The van der Waals surface area contributed by atoms with E-state index in [1.807, 2.05) is 49.3 Å². The Morgan fingerprint density at radius 3 is 2.57 bits per heavy atom. The van der Waals surface area contributed by atoms with Gasteiger partial charge in [-0.05, 0) is 38.5 Å². The first kappa shape index (κ1) is 15.5. The molecule has 0 bridgehead atoms. The summed E-state index contributed by atoms with van der Waals surface area (Å²) in [5, 5.41) is 4.27. The molecule has 3 heterocycles. The van der Waals surface area contributed by atoms with E-state index in [-0.39, 0.29) is 11.9 Å². The molecule has 122 valence electrons. The van der Waals surface area contributed by atoms with Crippen LogP contribution < -0.4 is 4.90 Å². The van der Waals surface area contributed by atoms with Gasteiger partial charge in [0.1, 0.15) is 5.69 Å². The van der Waals surface area contributed by atoms with Gasteiger partial charge < -0.3 is 9.80 Å². The Morgan fingerprint density at radius 2 is 1.83 bits per heavy atom. The Labute approximate surface area is 136 Å². The van der Waals surface area contributed by atoms with Crippen LogP contribution in [-0.4, -0.2) is 51.8 Å². The van der Waals surface area contributed by atoms with Gasteiger partial charge in [-0.25, -0.2) is 0 Å². The molecule has 6 nitrogen and oxygen atoms in total. The maximum atomic E-state index is 12.8. The fraction of sp³-hybridized carbons (Fsp3) is 0.471. The summed E-state index contributed by atoms with van der Waals surface area (Å²) < 4.78 is 1.80. The Bertz CT molecular complexity index is 652. The number of anilines is 1. The molecule has 1 aliphatic rings. The molecule has 0 radical (unpaired) electrons. The molecule has 3 rings (SSSR count). The largest absolute Gasteiger partial charge is 0.370 e. The van der Waals surface area contributed by atoms with E-state index in [9.17, 15) is 4.79 Å². The molecular formula is C17H23N5O. The maximum absolute atomic E-state index is 12.8. The second-order valence-electron chi connectivity index (χ2n) is 6.09. The van der Waals surface area contributed by atoms with E-state index >= 15 is 0 Å². The molecule has 0 saturated carbocycles. The monoisotopic (exact) mass is 313 g/mol. The van der Waals surface area contributed by atoms with Gasteiger partial charge in [0.25, 0.3) is 5.91 Å². The fourth-order valence-corrected chi connectivity index (χ4v) is 2.99. The highest BCUT2D eigenvalue weighted by molar-refractivity contribution is 5.92. The van der Waals surface area contributed by atoms with Crippen molar-refractivity contribution in [1.82, 2.24) is 19.7 Å². The summed E-state index contributed by atoms with van der Waals surface area (Å²) in [4.78, 5) is 21.1. The standard InChI is InChI=1S/C17H23N5O/c1-14(2)22-16(6-9-19-22)17(23)21-11-3-10-20(12-13-21)15-4-7-18-8-5-15/h4-9,14H,3,10-13H2,1-2H3. The zero-order valence-corrected chi connectivity index (χ0v) is 13.7. The lowest BCUT2D eigenvalue weighted by atomic mass is 10.3. The third-order valence-electron chi connectivity index (χ3n) is 4.19. The van der Waals surface area contributed by atoms with Crippen LogP contribution in [0.25, 0.3) is 0 Å². The molecule has 2 aromatic rings. The van der Waals surface area contributed by atoms with Crippen LogP contribution in [-0.2, 0) is 0 Å².